The lowest BCUT2D eigenvalue weighted by atomic mass is 9.95. The van der Waals surface area contributed by atoms with Crippen LogP contribution in [0.2, 0.25) is 5.02 Å². The Labute approximate surface area is 168 Å². The molecule has 2 N–H and O–H groups in total. The fourth-order valence-electron chi connectivity index (χ4n) is 3.25. The molecule has 1 saturated heterocycles. The van der Waals surface area contributed by atoms with Crippen molar-refractivity contribution >= 4 is 27.3 Å². The maximum absolute atomic E-state index is 13.3. The van der Waals surface area contributed by atoms with Crippen molar-refractivity contribution in [3.63, 3.8) is 0 Å². The third kappa shape index (κ3) is 3.86. The summed E-state index contributed by atoms with van der Waals surface area (Å²) >= 11 is 5.84. The summed E-state index contributed by atoms with van der Waals surface area (Å²) in [4.78, 5) is 14.3. The Morgan fingerprint density at radius 1 is 1.07 bits per heavy atom. The Balaban J connectivity index is 1.88. The molecule has 28 heavy (non-hydrogen) atoms. The summed E-state index contributed by atoms with van der Waals surface area (Å²) < 4.78 is 30.5. The molecule has 1 heterocycles. The van der Waals surface area contributed by atoms with Gasteiger partial charge < -0.3 is 9.64 Å². The monoisotopic (exact) mass is 424 g/mol. The van der Waals surface area contributed by atoms with E-state index in [0.29, 0.717) is 29.6 Å². The number of likely N-dealkylation sites (tertiary alicyclic amines) is 1. The van der Waals surface area contributed by atoms with Gasteiger partial charge in [0.05, 0.1) is 4.90 Å². The van der Waals surface area contributed by atoms with Gasteiger partial charge in [0.2, 0.25) is 0 Å². The normalized spacial score (nSPS) is 17.1. The van der Waals surface area contributed by atoms with Crippen LogP contribution in [0.15, 0.2) is 53.4 Å². The first-order valence-electron chi connectivity index (χ1n) is 8.70. The first kappa shape index (κ1) is 20.6. The number of carbonyl (C=O) groups is 1. The third-order valence-corrected chi connectivity index (χ3v) is 7.78. The van der Waals surface area contributed by atoms with E-state index < -0.39 is 20.5 Å². The van der Waals surface area contributed by atoms with Gasteiger partial charge in [0.1, 0.15) is 11.5 Å². The molecule has 150 valence electrons. The van der Waals surface area contributed by atoms with Crippen LogP contribution >= 0.6 is 11.6 Å². The maximum Gasteiger partial charge on any atom is 0.265 e. The highest BCUT2D eigenvalue weighted by Gasteiger charge is 2.52. The molecule has 2 aromatic carbocycles. The summed E-state index contributed by atoms with van der Waals surface area (Å²) in [6.45, 7) is 0.870. The summed E-state index contributed by atoms with van der Waals surface area (Å²) in [5, 5.41) is 9.73. The number of rotatable bonds is 5. The van der Waals surface area contributed by atoms with E-state index in [0.717, 1.165) is 0 Å². The average molecular weight is 425 g/mol. The van der Waals surface area contributed by atoms with Crippen LogP contribution in [0.4, 0.5) is 0 Å². The topological polar surface area (TPSA) is 95.9 Å². The molecular formula is C19H21ClN2O5S. The zero-order valence-electron chi connectivity index (χ0n) is 15.3. The van der Waals surface area contributed by atoms with Gasteiger partial charge in [-0.2, -0.15) is 0 Å². The van der Waals surface area contributed by atoms with Gasteiger partial charge in [-0.25, -0.2) is 13.9 Å². The molecule has 2 aromatic rings. The molecule has 0 radical (unpaired) electrons. The molecule has 0 spiro atoms. The van der Waals surface area contributed by atoms with Crippen LogP contribution in [0.5, 0.6) is 11.5 Å². The Hall–Kier alpha value is -2.13. The highest BCUT2D eigenvalue weighted by atomic mass is 35.5. The van der Waals surface area contributed by atoms with Crippen LogP contribution in [0, 0.1) is 0 Å². The second kappa shape index (κ2) is 8.08. The van der Waals surface area contributed by atoms with Crippen molar-refractivity contribution in [1.29, 1.82) is 0 Å². The van der Waals surface area contributed by atoms with Crippen molar-refractivity contribution in [2.45, 2.75) is 22.5 Å². The lowest BCUT2D eigenvalue weighted by Crippen LogP contribution is -2.57. The number of sulfone groups is 1. The van der Waals surface area contributed by atoms with E-state index in [4.69, 9.17) is 21.5 Å². The number of benzene rings is 2. The Morgan fingerprint density at radius 2 is 1.57 bits per heavy atom. The molecule has 1 amide bonds. The Bertz CT molecular complexity index is 937. The fourth-order valence-corrected chi connectivity index (χ4v) is 5.33. The van der Waals surface area contributed by atoms with Crippen molar-refractivity contribution in [1.82, 2.24) is 10.4 Å². The molecule has 7 nitrogen and oxygen atoms in total. The van der Waals surface area contributed by atoms with E-state index in [1.807, 2.05) is 11.9 Å². The molecule has 1 fully saturated rings. The minimum Gasteiger partial charge on any atom is -0.457 e. The number of hydrogen-bond acceptors (Lipinski definition) is 6. The molecule has 0 bridgehead atoms. The second-order valence-corrected chi connectivity index (χ2v) is 9.47. The maximum atomic E-state index is 13.3. The van der Waals surface area contributed by atoms with Crippen molar-refractivity contribution in [3.05, 3.63) is 53.6 Å². The molecule has 0 saturated carbocycles. The molecular weight excluding hydrogens is 404 g/mol. The SMILES string of the molecule is CN1CCC(C(=O)NO)(S(=O)(=O)c2ccc(Oc3ccc(Cl)cc3)cc2)CC1. The van der Waals surface area contributed by atoms with Gasteiger partial charge in [-0.3, -0.25) is 10.0 Å². The van der Waals surface area contributed by atoms with Crippen LogP contribution in [-0.4, -0.2) is 49.3 Å². The lowest BCUT2D eigenvalue weighted by Gasteiger charge is -2.38. The predicted octanol–water partition coefficient (Wildman–Crippen LogP) is 2.88. The van der Waals surface area contributed by atoms with E-state index in [9.17, 15) is 13.2 Å². The second-order valence-electron chi connectivity index (χ2n) is 6.77. The zero-order valence-corrected chi connectivity index (χ0v) is 16.8. The van der Waals surface area contributed by atoms with Gasteiger partial charge in [-0.1, -0.05) is 11.6 Å². The van der Waals surface area contributed by atoms with Gasteiger partial charge in [0.15, 0.2) is 14.6 Å². The molecule has 0 unspecified atom stereocenters. The molecule has 0 atom stereocenters. The summed E-state index contributed by atoms with van der Waals surface area (Å²) in [6, 6.07) is 12.6. The van der Waals surface area contributed by atoms with Crippen LogP contribution in [0.1, 0.15) is 12.8 Å². The van der Waals surface area contributed by atoms with Crippen LogP contribution in [0.3, 0.4) is 0 Å². The zero-order chi connectivity index (χ0) is 20.4. The number of piperidine rings is 1. The highest BCUT2D eigenvalue weighted by molar-refractivity contribution is 7.93. The largest absolute Gasteiger partial charge is 0.457 e. The predicted molar refractivity (Wildman–Crippen MR) is 105 cm³/mol. The minimum atomic E-state index is -4.03. The number of ether oxygens (including phenoxy) is 1. The van der Waals surface area contributed by atoms with E-state index in [1.54, 1.807) is 29.7 Å². The smallest absolute Gasteiger partial charge is 0.265 e. The first-order chi connectivity index (χ1) is 13.3. The molecule has 0 aliphatic carbocycles. The molecule has 0 aromatic heterocycles. The number of carbonyl (C=O) groups excluding carboxylic acids is 1. The van der Waals surface area contributed by atoms with Crippen molar-refractivity contribution in [2.75, 3.05) is 20.1 Å². The van der Waals surface area contributed by atoms with Crippen molar-refractivity contribution < 1.29 is 23.2 Å². The van der Waals surface area contributed by atoms with Gasteiger partial charge >= 0.3 is 0 Å². The van der Waals surface area contributed by atoms with Crippen LogP contribution in [-0.2, 0) is 14.6 Å². The molecule has 3 rings (SSSR count). The number of nitrogens with one attached hydrogen (secondary N) is 1. The Morgan fingerprint density at radius 3 is 2.07 bits per heavy atom. The summed E-state index contributed by atoms with van der Waals surface area (Å²) in [5.41, 5.74) is 1.54. The highest BCUT2D eigenvalue weighted by Crippen LogP contribution is 2.36. The van der Waals surface area contributed by atoms with Crippen molar-refractivity contribution in [3.8, 4) is 11.5 Å². The van der Waals surface area contributed by atoms with Crippen molar-refractivity contribution in [2.24, 2.45) is 0 Å². The molecule has 1 aliphatic heterocycles. The number of amides is 1. The quantitative estimate of drug-likeness (QED) is 0.566. The fraction of sp³-hybridized carbons (Fsp3) is 0.316. The van der Waals surface area contributed by atoms with E-state index >= 15 is 0 Å². The van der Waals surface area contributed by atoms with Gasteiger partial charge in [0, 0.05) is 5.02 Å². The van der Waals surface area contributed by atoms with Gasteiger partial charge in [-0.05, 0) is 81.5 Å². The number of hydrogen-bond donors (Lipinski definition) is 2. The van der Waals surface area contributed by atoms with Gasteiger partial charge in [0.25, 0.3) is 5.91 Å². The summed E-state index contributed by atoms with van der Waals surface area (Å²) in [5.74, 6) is 0.110. The number of nitrogens with zero attached hydrogens (tertiary/aromatic N) is 1. The van der Waals surface area contributed by atoms with Crippen LogP contribution < -0.4 is 10.2 Å². The minimum absolute atomic E-state index is 0.00380. The number of halogens is 1. The van der Waals surface area contributed by atoms with E-state index in [1.165, 1.54) is 24.3 Å². The van der Waals surface area contributed by atoms with E-state index in [2.05, 4.69) is 0 Å². The first-order valence-corrected chi connectivity index (χ1v) is 10.6. The average Bonchev–Trinajstić information content (AvgIpc) is 2.70. The molecule has 1 aliphatic rings. The van der Waals surface area contributed by atoms with Gasteiger partial charge in [-0.15, -0.1) is 0 Å². The lowest BCUT2D eigenvalue weighted by molar-refractivity contribution is -0.133. The number of hydroxylamine groups is 1. The summed E-state index contributed by atoms with van der Waals surface area (Å²) in [7, 11) is -2.17. The third-order valence-electron chi connectivity index (χ3n) is 5.01. The Kier molecular flexibility index (Phi) is 5.95. The standard InChI is InChI=1S/C19H21ClN2O5S/c1-22-12-10-19(11-13-22,18(23)21-24)28(25,26)17-8-6-16(7-9-17)27-15-4-2-14(20)3-5-15/h2-9,24H,10-13H2,1H3,(H,21,23). The van der Waals surface area contributed by atoms with E-state index in [-0.39, 0.29) is 17.7 Å². The van der Waals surface area contributed by atoms with Crippen LogP contribution in [0.25, 0.3) is 0 Å². The summed E-state index contributed by atoms with van der Waals surface area (Å²) in [6.07, 6.45) is 0.197. The molecule has 9 heteroatoms.